The molecule has 2 atom stereocenters. The van der Waals surface area contributed by atoms with E-state index in [1.54, 1.807) is 12.1 Å². The van der Waals surface area contributed by atoms with E-state index in [9.17, 15) is 13.2 Å². The molecule has 2 rings (SSSR count). The van der Waals surface area contributed by atoms with Crippen molar-refractivity contribution in [3.63, 3.8) is 0 Å². The van der Waals surface area contributed by atoms with Crippen molar-refractivity contribution in [1.82, 2.24) is 0 Å². The summed E-state index contributed by atoms with van der Waals surface area (Å²) in [4.78, 5) is 10.9. The van der Waals surface area contributed by atoms with Gasteiger partial charge in [0.15, 0.2) is 5.78 Å². The molecule has 0 fully saturated rings. The Balaban J connectivity index is 2.41. The Morgan fingerprint density at radius 2 is 1.80 bits per heavy atom. The number of carbonyl (C=O) groups excluding carboxylic acids is 1. The molecule has 0 heterocycles. The smallest absolute Gasteiger partial charge is 0.293 e. The molecule has 8 heteroatoms. The SMILES string of the molecule is Cc1ccc(S(=O)(=O)O/N=C2/C=C(C(C)C)C(=O)C(Cl)C2(C)Cl)cc1. The molecule has 0 aliphatic heterocycles. The summed E-state index contributed by atoms with van der Waals surface area (Å²) in [6.07, 6.45) is 1.45. The van der Waals surface area contributed by atoms with Gasteiger partial charge in [-0.25, -0.2) is 0 Å². The predicted octanol–water partition coefficient (Wildman–Crippen LogP) is 3.83. The van der Waals surface area contributed by atoms with Gasteiger partial charge in [0.25, 0.3) is 0 Å². The highest BCUT2D eigenvalue weighted by atomic mass is 35.5. The molecule has 0 bridgehead atoms. The van der Waals surface area contributed by atoms with E-state index < -0.39 is 20.4 Å². The zero-order valence-electron chi connectivity index (χ0n) is 14.3. The average molecular weight is 404 g/mol. The van der Waals surface area contributed by atoms with Crippen LogP contribution in [0.15, 0.2) is 46.0 Å². The minimum absolute atomic E-state index is 0.0268. The highest BCUT2D eigenvalue weighted by Gasteiger charge is 2.46. The van der Waals surface area contributed by atoms with Crippen molar-refractivity contribution >= 4 is 44.8 Å². The Hall–Kier alpha value is -1.37. The van der Waals surface area contributed by atoms with Crippen LogP contribution in [0.25, 0.3) is 0 Å². The third-order valence-electron chi connectivity index (χ3n) is 3.95. The number of Topliss-reactive ketones (excluding diaryl/α,β-unsaturated/α-hetero) is 1. The first-order valence-electron chi connectivity index (χ1n) is 7.64. The van der Waals surface area contributed by atoms with Crippen molar-refractivity contribution in [3.05, 3.63) is 41.5 Å². The second-order valence-electron chi connectivity index (χ2n) is 6.38. The van der Waals surface area contributed by atoms with Crippen LogP contribution in [0.4, 0.5) is 0 Å². The number of benzene rings is 1. The lowest BCUT2D eigenvalue weighted by atomic mass is 9.82. The van der Waals surface area contributed by atoms with Crippen molar-refractivity contribution in [2.45, 2.75) is 42.8 Å². The number of aryl methyl sites for hydroxylation is 1. The molecule has 0 saturated carbocycles. The molecule has 0 aromatic heterocycles. The van der Waals surface area contributed by atoms with Gasteiger partial charge in [0.1, 0.15) is 20.9 Å². The van der Waals surface area contributed by atoms with Crippen LogP contribution in [-0.4, -0.2) is 30.2 Å². The predicted molar refractivity (Wildman–Crippen MR) is 98.7 cm³/mol. The van der Waals surface area contributed by atoms with Gasteiger partial charge in [-0.05, 0) is 38.0 Å². The summed E-state index contributed by atoms with van der Waals surface area (Å²) < 4.78 is 29.3. The number of hydrogen-bond acceptors (Lipinski definition) is 5. The van der Waals surface area contributed by atoms with E-state index in [2.05, 4.69) is 5.16 Å². The molecule has 0 spiro atoms. The van der Waals surface area contributed by atoms with Crippen LogP contribution in [0, 0.1) is 12.8 Å². The summed E-state index contributed by atoms with van der Waals surface area (Å²) >= 11 is 12.5. The Labute approximate surface area is 157 Å². The summed E-state index contributed by atoms with van der Waals surface area (Å²) in [6, 6.07) is 6.16. The maximum atomic E-state index is 12.3. The van der Waals surface area contributed by atoms with Crippen LogP contribution in [0.1, 0.15) is 26.3 Å². The van der Waals surface area contributed by atoms with Crippen LogP contribution >= 0.6 is 23.2 Å². The lowest BCUT2D eigenvalue weighted by Crippen LogP contribution is -2.47. The Bertz CT molecular complexity index is 840. The minimum atomic E-state index is -4.10. The van der Waals surface area contributed by atoms with Crippen molar-refractivity contribution in [3.8, 4) is 0 Å². The maximum absolute atomic E-state index is 12.3. The molecule has 2 unspecified atom stereocenters. The molecule has 1 aromatic rings. The van der Waals surface area contributed by atoms with Crippen LogP contribution in [0.2, 0.25) is 0 Å². The first kappa shape index (κ1) is 19.9. The first-order chi connectivity index (χ1) is 11.5. The normalized spacial score (nSPS) is 26.0. The summed E-state index contributed by atoms with van der Waals surface area (Å²) in [5.74, 6) is -0.407. The van der Waals surface area contributed by atoms with E-state index >= 15 is 0 Å². The Morgan fingerprint density at radius 3 is 2.32 bits per heavy atom. The Morgan fingerprint density at radius 1 is 1.24 bits per heavy atom. The van der Waals surface area contributed by atoms with E-state index in [0.717, 1.165) is 5.56 Å². The molecule has 1 aliphatic carbocycles. The van der Waals surface area contributed by atoms with Crippen molar-refractivity contribution in [2.75, 3.05) is 0 Å². The van der Waals surface area contributed by atoms with Gasteiger partial charge < -0.3 is 0 Å². The molecule has 136 valence electrons. The largest absolute Gasteiger partial charge is 0.358 e. The zero-order chi connectivity index (χ0) is 19.0. The van der Waals surface area contributed by atoms with Gasteiger partial charge in [-0.15, -0.1) is 23.2 Å². The van der Waals surface area contributed by atoms with Gasteiger partial charge >= 0.3 is 10.1 Å². The zero-order valence-corrected chi connectivity index (χ0v) is 16.6. The number of hydrogen-bond donors (Lipinski definition) is 0. The van der Waals surface area contributed by atoms with Crippen LogP contribution in [0.5, 0.6) is 0 Å². The number of halogens is 2. The topological polar surface area (TPSA) is 72.8 Å². The first-order valence-corrected chi connectivity index (χ1v) is 9.86. The number of oxime groups is 1. The number of alkyl halides is 2. The molecule has 1 aromatic carbocycles. The molecule has 0 radical (unpaired) electrons. The van der Waals surface area contributed by atoms with Crippen LogP contribution in [-0.2, 0) is 19.2 Å². The molecule has 1 aliphatic rings. The summed E-state index contributed by atoms with van der Waals surface area (Å²) in [6.45, 7) is 6.99. The van der Waals surface area contributed by atoms with E-state index in [0.29, 0.717) is 5.57 Å². The van der Waals surface area contributed by atoms with Crippen LogP contribution in [0.3, 0.4) is 0 Å². The van der Waals surface area contributed by atoms with E-state index in [1.807, 2.05) is 20.8 Å². The second kappa shape index (κ2) is 7.09. The average Bonchev–Trinajstić information content (AvgIpc) is 2.52. The lowest BCUT2D eigenvalue weighted by Gasteiger charge is -2.32. The van der Waals surface area contributed by atoms with Crippen molar-refractivity contribution in [2.24, 2.45) is 11.1 Å². The number of rotatable bonds is 4. The standard InChI is InChI=1S/C17H19Cl2NO4S/c1-10(2)13-9-14(17(4,19)16(18)15(13)21)20-24-25(22,23)12-7-5-11(3)6-8-12/h5-10,16H,1-4H3/b20-14-. The molecular formula is C17H19Cl2NO4S. The number of nitrogens with zero attached hydrogens (tertiary/aromatic N) is 1. The number of carbonyl (C=O) groups is 1. The quantitative estimate of drug-likeness (QED) is 0.565. The molecule has 0 N–H and O–H groups in total. The fourth-order valence-electron chi connectivity index (χ4n) is 2.29. The monoisotopic (exact) mass is 403 g/mol. The summed E-state index contributed by atoms with van der Waals surface area (Å²) in [7, 11) is -4.10. The molecule has 0 amide bonds. The van der Waals surface area contributed by atoms with Crippen molar-refractivity contribution in [1.29, 1.82) is 0 Å². The van der Waals surface area contributed by atoms with Gasteiger partial charge in [0, 0.05) is 5.57 Å². The summed E-state index contributed by atoms with van der Waals surface area (Å²) in [5, 5.41) is 2.64. The third kappa shape index (κ3) is 4.07. The van der Waals surface area contributed by atoms with Crippen LogP contribution < -0.4 is 0 Å². The molecule has 5 nitrogen and oxygen atoms in total. The van der Waals surface area contributed by atoms with Gasteiger partial charge in [-0.2, -0.15) is 8.42 Å². The van der Waals surface area contributed by atoms with E-state index in [1.165, 1.54) is 25.1 Å². The minimum Gasteiger partial charge on any atom is -0.293 e. The third-order valence-corrected chi connectivity index (χ3v) is 6.23. The lowest BCUT2D eigenvalue weighted by molar-refractivity contribution is -0.116. The second-order valence-corrected chi connectivity index (χ2v) is 9.13. The molecular weight excluding hydrogens is 385 g/mol. The highest BCUT2D eigenvalue weighted by molar-refractivity contribution is 7.86. The molecule has 0 saturated heterocycles. The maximum Gasteiger partial charge on any atom is 0.358 e. The fourth-order valence-corrected chi connectivity index (χ4v) is 3.45. The highest BCUT2D eigenvalue weighted by Crippen LogP contribution is 2.35. The van der Waals surface area contributed by atoms with E-state index in [-0.39, 0.29) is 22.3 Å². The van der Waals surface area contributed by atoms with Gasteiger partial charge in [0.05, 0.1) is 0 Å². The Kier molecular flexibility index (Phi) is 5.66. The number of allylic oxidation sites excluding steroid dienone is 2. The van der Waals surface area contributed by atoms with Gasteiger partial charge in [-0.1, -0.05) is 36.7 Å². The molecule has 25 heavy (non-hydrogen) atoms. The fraction of sp³-hybridized carbons (Fsp3) is 0.412. The van der Waals surface area contributed by atoms with E-state index in [4.69, 9.17) is 27.5 Å². The summed E-state index contributed by atoms with van der Waals surface area (Å²) in [5.41, 5.74) is 1.43. The number of ketones is 1. The van der Waals surface area contributed by atoms with Crippen molar-refractivity contribution < 1.29 is 17.5 Å². The van der Waals surface area contributed by atoms with Gasteiger partial charge in [-0.3, -0.25) is 9.08 Å². The van der Waals surface area contributed by atoms with Gasteiger partial charge in [0.2, 0.25) is 0 Å².